The standard InChI is InChI=1S/C22H42O6S9/c23-5-11-32-19-35-22(26)4-10-29-7-1-16-36(27)18-15-31-13-14-34-21(25)3-9-30-8-2-17-37(28)20-33-12-6-24/h23-24H,1-20H2. The molecule has 0 aliphatic rings. The molecular weight excluding hydrogens is 649 g/mol. The molecule has 2 atom stereocenters. The van der Waals surface area contributed by atoms with E-state index in [2.05, 4.69) is 0 Å². The van der Waals surface area contributed by atoms with Crippen LogP contribution < -0.4 is 0 Å². The van der Waals surface area contributed by atoms with Gasteiger partial charge in [-0.3, -0.25) is 18.0 Å². The van der Waals surface area contributed by atoms with Crippen molar-refractivity contribution in [3.8, 4) is 0 Å². The average molecular weight is 691 g/mol. The van der Waals surface area contributed by atoms with Gasteiger partial charge < -0.3 is 10.2 Å². The molecule has 0 aromatic carbocycles. The van der Waals surface area contributed by atoms with Gasteiger partial charge in [0, 0.05) is 97.1 Å². The Hall–Kier alpha value is 2.01. The molecule has 0 amide bonds. The molecule has 0 heterocycles. The summed E-state index contributed by atoms with van der Waals surface area (Å²) < 4.78 is 23.8. The fraction of sp³-hybridized carbons (Fsp3) is 0.909. The van der Waals surface area contributed by atoms with E-state index in [-0.39, 0.29) is 23.4 Å². The molecule has 6 nitrogen and oxygen atoms in total. The van der Waals surface area contributed by atoms with Gasteiger partial charge >= 0.3 is 0 Å². The number of hydrogen-bond donors (Lipinski definition) is 2. The monoisotopic (exact) mass is 690 g/mol. The zero-order chi connectivity index (χ0) is 27.4. The fourth-order valence-corrected chi connectivity index (χ4v) is 12.1. The summed E-state index contributed by atoms with van der Waals surface area (Å²) in [7, 11) is -1.63. The van der Waals surface area contributed by atoms with Crippen molar-refractivity contribution in [2.45, 2.75) is 25.7 Å². The van der Waals surface area contributed by atoms with Crippen molar-refractivity contribution in [3.05, 3.63) is 0 Å². The molecule has 0 aromatic heterocycles. The van der Waals surface area contributed by atoms with Gasteiger partial charge in [0.05, 0.1) is 18.3 Å². The molecule has 0 rings (SSSR count). The first-order chi connectivity index (χ1) is 18.0. The molecule has 0 saturated carbocycles. The summed E-state index contributed by atoms with van der Waals surface area (Å²) in [6.07, 6.45) is 2.92. The maximum absolute atomic E-state index is 12.1. The van der Waals surface area contributed by atoms with E-state index in [1.807, 2.05) is 0 Å². The zero-order valence-electron chi connectivity index (χ0n) is 21.3. The van der Waals surface area contributed by atoms with Gasteiger partial charge in [0.1, 0.15) is 0 Å². The van der Waals surface area contributed by atoms with Gasteiger partial charge in [-0.05, 0) is 24.3 Å². The van der Waals surface area contributed by atoms with E-state index in [4.69, 9.17) is 10.2 Å². The lowest BCUT2D eigenvalue weighted by Gasteiger charge is -2.04. The molecule has 0 saturated heterocycles. The Labute approximate surface area is 258 Å². The Morgan fingerprint density at radius 1 is 0.541 bits per heavy atom. The number of rotatable bonds is 28. The lowest BCUT2D eigenvalue weighted by Crippen LogP contribution is -2.07. The third kappa shape index (κ3) is 30.8. The molecule has 0 radical (unpaired) electrons. The van der Waals surface area contributed by atoms with Gasteiger partial charge in [-0.15, -0.1) is 23.5 Å². The van der Waals surface area contributed by atoms with Crippen LogP contribution in [0, 0.1) is 0 Å². The van der Waals surface area contributed by atoms with Crippen LogP contribution in [-0.2, 0) is 31.2 Å². The maximum atomic E-state index is 12.1. The highest BCUT2D eigenvalue weighted by Gasteiger charge is 2.06. The van der Waals surface area contributed by atoms with Gasteiger partial charge in [0.15, 0.2) is 10.2 Å². The first-order valence-electron chi connectivity index (χ1n) is 12.1. The summed E-state index contributed by atoms with van der Waals surface area (Å²) in [5.41, 5.74) is 0. The van der Waals surface area contributed by atoms with E-state index in [1.54, 1.807) is 47.0 Å². The molecule has 37 heavy (non-hydrogen) atoms. The van der Waals surface area contributed by atoms with Crippen LogP contribution in [0.15, 0.2) is 0 Å². The average Bonchev–Trinajstić information content (AvgIpc) is 2.88. The van der Waals surface area contributed by atoms with Gasteiger partial charge in [0.25, 0.3) is 0 Å². The Balaban J connectivity index is 3.40. The topological polar surface area (TPSA) is 109 Å². The van der Waals surface area contributed by atoms with Gasteiger partial charge in [-0.1, -0.05) is 23.5 Å². The number of hydrogen-bond acceptors (Lipinski definition) is 13. The second-order valence-electron chi connectivity index (χ2n) is 7.27. The molecule has 0 aliphatic heterocycles. The summed E-state index contributed by atoms with van der Waals surface area (Å²) >= 11 is 11.0. The quantitative estimate of drug-likeness (QED) is 0.0909. The van der Waals surface area contributed by atoms with E-state index in [1.165, 1.54) is 35.3 Å². The molecule has 220 valence electrons. The van der Waals surface area contributed by atoms with E-state index >= 15 is 0 Å². The van der Waals surface area contributed by atoms with Crippen LogP contribution in [0.3, 0.4) is 0 Å². The van der Waals surface area contributed by atoms with E-state index in [9.17, 15) is 18.0 Å². The molecule has 0 aromatic rings. The van der Waals surface area contributed by atoms with Gasteiger partial charge in [0.2, 0.25) is 0 Å². The smallest absolute Gasteiger partial charge is 0.190 e. The number of carbonyl (C=O) groups is 2. The van der Waals surface area contributed by atoms with Gasteiger partial charge in [-0.25, -0.2) is 0 Å². The van der Waals surface area contributed by atoms with Crippen molar-refractivity contribution in [1.82, 2.24) is 0 Å². The first-order valence-corrected chi connectivity index (χ1v) is 22.8. The second-order valence-corrected chi connectivity index (χ2v) is 19.3. The maximum Gasteiger partial charge on any atom is 0.190 e. The van der Waals surface area contributed by atoms with Crippen LogP contribution in [0.25, 0.3) is 0 Å². The number of aliphatic hydroxyl groups is 2. The van der Waals surface area contributed by atoms with Crippen LogP contribution in [0.4, 0.5) is 0 Å². The molecule has 0 fully saturated rings. The Morgan fingerprint density at radius 2 is 1.11 bits per heavy atom. The summed E-state index contributed by atoms with van der Waals surface area (Å²) in [4.78, 5) is 23.7. The lowest BCUT2D eigenvalue weighted by atomic mass is 10.5. The van der Waals surface area contributed by atoms with Crippen molar-refractivity contribution < 1.29 is 28.2 Å². The van der Waals surface area contributed by atoms with Crippen molar-refractivity contribution >= 4 is 114 Å². The normalized spacial score (nSPS) is 13.0. The number of carbonyl (C=O) groups excluding carboxylic acids is 2. The highest BCUT2D eigenvalue weighted by atomic mass is 32.2. The van der Waals surface area contributed by atoms with Crippen LogP contribution in [0.5, 0.6) is 0 Å². The largest absolute Gasteiger partial charge is 0.396 e. The molecule has 2 unspecified atom stereocenters. The molecule has 15 heteroatoms. The summed E-state index contributed by atoms with van der Waals surface area (Å²) in [6, 6.07) is 0. The van der Waals surface area contributed by atoms with E-state index in [0.717, 1.165) is 53.1 Å². The predicted molar refractivity (Wildman–Crippen MR) is 180 cm³/mol. The molecular formula is C22H42O6S9. The van der Waals surface area contributed by atoms with Crippen molar-refractivity contribution in [3.63, 3.8) is 0 Å². The summed E-state index contributed by atoms with van der Waals surface area (Å²) in [5, 5.41) is 19.1. The SMILES string of the molecule is O=C(CCSCCCS(=O)CSCCO)SCCSCCS(=O)CCCSCCC(=O)SCSCCO. The van der Waals surface area contributed by atoms with Crippen LogP contribution in [-0.4, -0.2) is 121 Å². The first kappa shape index (κ1) is 39.0. The van der Waals surface area contributed by atoms with Crippen LogP contribution in [0.2, 0.25) is 0 Å². The highest BCUT2D eigenvalue weighted by molar-refractivity contribution is 8.23. The molecule has 0 spiro atoms. The zero-order valence-corrected chi connectivity index (χ0v) is 28.7. The van der Waals surface area contributed by atoms with Crippen molar-refractivity contribution in [1.29, 1.82) is 0 Å². The number of thioether (sulfide) groups is 7. The third-order valence-corrected chi connectivity index (χ3v) is 15.2. The minimum absolute atomic E-state index is 0.129. The lowest BCUT2D eigenvalue weighted by molar-refractivity contribution is -0.111. The minimum atomic E-state index is -0.824. The van der Waals surface area contributed by atoms with E-state index < -0.39 is 21.6 Å². The summed E-state index contributed by atoms with van der Waals surface area (Å²) in [6.45, 7) is 0.279. The molecule has 0 aliphatic carbocycles. The van der Waals surface area contributed by atoms with Crippen LogP contribution >= 0.6 is 82.3 Å². The second kappa shape index (κ2) is 31.0. The van der Waals surface area contributed by atoms with Crippen molar-refractivity contribution in [2.24, 2.45) is 0 Å². The molecule has 0 bridgehead atoms. The minimum Gasteiger partial charge on any atom is -0.396 e. The Bertz CT molecular complexity index is 613. The molecule has 2 N–H and O–H groups in total. The predicted octanol–water partition coefficient (Wildman–Crippen LogP) is 4.13. The van der Waals surface area contributed by atoms with Crippen molar-refractivity contribution in [2.75, 3.05) is 92.4 Å². The highest BCUT2D eigenvalue weighted by Crippen LogP contribution is 2.17. The van der Waals surface area contributed by atoms with Gasteiger partial charge in [-0.2, -0.15) is 35.3 Å². The van der Waals surface area contributed by atoms with E-state index in [0.29, 0.717) is 51.8 Å². The Kier molecular flexibility index (Phi) is 32.6. The Morgan fingerprint density at radius 3 is 1.76 bits per heavy atom. The third-order valence-electron chi connectivity index (χ3n) is 4.16. The fourth-order valence-electron chi connectivity index (χ4n) is 2.38. The number of aliphatic hydroxyl groups excluding tert-OH is 2. The summed E-state index contributed by atoms with van der Waals surface area (Å²) in [5.74, 6) is 9.39. The van der Waals surface area contributed by atoms with Crippen LogP contribution in [0.1, 0.15) is 25.7 Å².